The van der Waals surface area contributed by atoms with Crippen LogP contribution in [0.2, 0.25) is 0 Å². The van der Waals surface area contributed by atoms with Gasteiger partial charge in [0.15, 0.2) is 0 Å². The Bertz CT molecular complexity index is 394. The lowest BCUT2D eigenvalue weighted by atomic mass is 9.95. The third-order valence-corrected chi connectivity index (χ3v) is 4.76. The number of nitrogens with two attached hydrogens (primary N) is 1. The molecule has 2 aliphatic rings. The predicted octanol–water partition coefficient (Wildman–Crippen LogP) is 0.720. The van der Waals surface area contributed by atoms with E-state index in [1.165, 1.54) is 0 Å². The Morgan fingerprint density at radius 3 is 2.00 bits per heavy atom. The van der Waals surface area contributed by atoms with E-state index in [0.717, 1.165) is 25.9 Å². The Labute approximate surface area is 127 Å². The normalized spacial score (nSPS) is 21.9. The van der Waals surface area contributed by atoms with Crippen molar-refractivity contribution in [3.8, 4) is 0 Å². The predicted molar refractivity (Wildman–Crippen MR) is 81.8 cm³/mol. The highest BCUT2D eigenvalue weighted by molar-refractivity contribution is 5.87. The van der Waals surface area contributed by atoms with Crippen molar-refractivity contribution >= 4 is 11.9 Å². The molecule has 3 amide bonds. The van der Waals surface area contributed by atoms with Crippen molar-refractivity contribution < 1.29 is 9.59 Å². The molecule has 2 fully saturated rings. The van der Waals surface area contributed by atoms with Crippen molar-refractivity contribution in [1.82, 2.24) is 14.7 Å². The van der Waals surface area contributed by atoms with Gasteiger partial charge in [-0.2, -0.15) is 0 Å². The van der Waals surface area contributed by atoms with Gasteiger partial charge >= 0.3 is 6.03 Å². The molecule has 1 saturated heterocycles. The maximum atomic E-state index is 12.5. The van der Waals surface area contributed by atoms with Gasteiger partial charge in [0.05, 0.1) is 5.54 Å². The van der Waals surface area contributed by atoms with E-state index in [1.807, 2.05) is 35.5 Å². The highest BCUT2D eigenvalue weighted by Gasteiger charge is 2.46. The summed E-state index contributed by atoms with van der Waals surface area (Å²) >= 11 is 0. The van der Waals surface area contributed by atoms with Gasteiger partial charge in [-0.1, -0.05) is 0 Å². The van der Waals surface area contributed by atoms with Crippen LogP contribution in [0.15, 0.2) is 0 Å². The molecule has 0 spiro atoms. The second kappa shape index (κ2) is 6.22. The lowest BCUT2D eigenvalue weighted by Crippen LogP contribution is -2.60. The van der Waals surface area contributed by atoms with Crippen LogP contribution in [0.25, 0.3) is 0 Å². The zero-order chi connectivity index (χ0) is 15.6. The van der Waals surface area contributed by atoms with E-state index in [4.69, 9.17) is 5.73 Å². The van der Waals surface area contributed by atoms with Crippen LogP contribution in [0.3, 0.4) is 0 Å². The van der Waals surface area contributed by atoms with E-state index in [9.17, 15) is 9.59 Å². The van der Waals surface area contributed by atoms with Crippen molar-refractivity contribution in [3.63, 3.8) is 0 Å². The Morgan fingerprint density at radius 2 is 1.57 bits per heavy atom. The summed E-state index contributed by atoms with van der Waals surface area (Å²) in [6.07, 6.45) is 2.11. The smallest absolute Gasteiger partial charge is 0.320 e. The van der Waals surface area contributed by atoms with Crippen LogP contribution in [0.1, 0.15) is 33.6 Å². The highest BCUT2D eigenvalue weighted by atomic mass is 16.2. The maximum Gasteiger partial charge on any atom is 0.320 e. The maximum absolute atomic E-state index is 12.5. The van der Waals surface area contributed by atoms with Gasteiger partial charge in [-0.15, -0.1) is 0 Å². The van der Waals surface area contributed by atoms with Crippen LogP contribution >= 0.6 is 0 Å². The van der Waals surface area contributed by atoms with E-state index in [2.05, 4.69) is 0 Å². The summed E-state index contributed by atoms with van der Waals surface area (Å²) in [4.78, 5) is 30.3. The van der Waals surface area contributed by atoms with Crippen molar-refractivity contribution in [2.45, 2.75) is 39.2 Å². The molecule has 1 unspecified atom stereocenters. The summed E-state index contributed by atoms with van der Waals surface area (Å²) in [5.74, 6) is 0.375. The van der Waals surface area contributed by atoms with Gasteiger partial charge in [-0.25, -0.2) is 4.79 Å². The number of urea groups is 1. The minimum atomic E-state index is -0.731. The fourth-order valence-electron chi connectivity index (χ4n) is 2.99. The first-order chi connectivity index (χ1) is 9.91. The van der Waals surface area contributed by atoms with Crippen LogP contribution in [-0.4, -0.2) is 71.4 Å². The van der Waals surface area contributed by atoms with Crippen LogP contribution in [0.5, 0.6) is 0 Å². The first kappa shape index (κ1) is 16.1. The summed E-state index contributed by atoms with van der Waals surface area (Å²) in [5.41, 5.74) is 5.47. The fourth-order valence-corrected chi connectivity index (χ4v) is 2.99. The minimum absolute atomic E-state index is 0.0416. The van der Waals surface area contributed by atoms with E-state index >= 15 is 0 Å². The van der Waals surface area contributed by atoms with E-state index in [1.54, 1.807) is 0 Å². The molecule has 2 N–H and O–H groups in total. The van der Waals surface area contributed by atoms with Crippen LogP contribution in [-0.2, 0) is 4.79 Å². The average molecular weight is 296 g/mol. The fraction of sp³-hybridized carbons (Fsp3) is 0.867. The lowest BCUT2D eigenvalue weighted by molar-refractivity contribution is -0.138. The van der Waals surface area contributed by atoms with Gasteiger partial charge in [0.1, 0.15) is 0 Å². The van der Waals surface area contributed by atoms with Crippen LogP contribution in [0.4, 0.5) is 4.79 Å². The monoisotopic (exact) mass is 296 g/mol. The van der Waals surface area contributed by atoms with Crippen molar-refractivity contribution in [2.24, 2.45) is 11.7 Å². The van der Waals surface area contributed by atoms with Gasteiger partial charge in [0.25, 0.3) is 0 Å². The standard InChI is InChI=1S/C15H28N4O2/c1-4-17(5-2)14(21)19-10-8-18(9-11-19)13(20)15(3,16)12-6-7-12/h12H,4-11,16H2,1-3H3. The molecule has 1 aliphatic carbocycles. The molecule has 1 saturated carbocycles. The third kappa shape index (κ3) is 3.31. The summed E-state index contributed by atoms with van der Waals surface area (Å²) in [5, 5.41) is 0. The Morgan fingerprint density at radius 1 is 1.10 bits per heavy atom. The number of hydrogen-bond donors (Lipinski definition) is 1. The molecule has 1 heterocycles. The topological polar surface area (TPSA) is 69.9 Å². The zero-order valence-electron chi connectivity index (χ0n) is 13.5. The molecule has 1 aliphatic heterocycles. The quantitative estimate of drug-likeness (QED) is 0.831. The first-order valence-electron chi connectivity index (χ1n) is 8.03. The molecule has 0 aromatic rings. The first-order valence-corrected chi connectivity index (χ1v) is 8.03. The average Bonchev–Trinajstić information content (AvgIpc) is 3.33. The summed E-state index contributed by atoms with van der Waals surface area (Å²) in [6.45, 7) is 9.63. The molecule has 21 heavy (non-hydrogen) atoms. The van der Waals surface area contributed by atoms with Gasteiger partial charge in [0.2, 0.25) is 5.91 Å². The second-order valence-corrected chi connectivity index (χ2v) is 6.29. The molecule has 1 atom stereocenters. The zero-order valence-corrected chi connectivity index (χ0v) is 13.5. The third-order valence-electron chi connectivity index (χ3n) is 4.76. The highest BCUT2D eigenvalue weighted by Crippen LogP contribution is 2.39. The van der Waals surface area contributed by atoms with Crippen LogP contribution in [0, 0.1) is 5.92 Å². The number of amides is 3. The van der Waals surface area contributed by atoms with Gasteiger partial charge in [0, 0.05) is 39.3 Å². The van der Waals surface area contributed by atoms with E-state index < -0.39 is 5.54 Å². The van der Waals surface area contributed by atoms with Gasteiger partial charge in [-0.3, -0.25) is 4.79 Å². The lowest BCUT2D eigenvalue weighted by Gasteiger charge is -2.40. The summed E-state index contributed by atoms with van der Waals surface area (Å²) < 4.78 is 0. The second-order valence-electron chi connectivity index (χ2n) is 6.29. The molecule has 120 valence electrons. The molecule has 2 rings (SSSR count). The van der Waals surface area contributed by atoms with Crippen molar-refractivity contribution in [3.05, 3.63) is 0 Å². The number of nitrogens with zero attached hydrogens (tertiary/aromatic N) is 3. The van der Waals surface area contributed by atoms with Crippen molar-refractivity contribution in [2.75, 3.05) is 39.3 Å². The molecule has 6 heteroatoms. The minimum Gasteiger partial charge on any atom is -0.338 e. The molecule has 0 aromatic heterocycles. The van der Waals surface area contributed by atoms with E-state index in [0.29, 0.717) is 32.1 Å². The largest absolute Gasteiger partial charge is 0.338 e. The number of rotatable bonds is 4. The molecule has 6 nitrogen and oxygen atoms in total. The van der Waals surface area contributed by atoms with Crippen molar-refractivity contribution in [1.29, 1.82) is 0 Å². The Hall–Kier alpha value is -1.30. The Kier molecular flexibility index (Phi) is 4.76. The van der Waals surface area contributed by atoms with Crippen LogP contribution < -0.4 is 5.73 Å². The number of carbonyl (C=O) groups excluding carboxylic acids is 2. The molecule has 0 aromatic carbocycles. The van der Waals surface area contributed by atoms with E-state index in [-0.39, 0.29) is 11.9 Å². The Balaban J connectivity index is 1.88. The number of hydrogen-bond acceptors (Lipinski definition) is 3. The van der Waals surface area contributed by atoms with Gasteiger partial charge in [-0.05, 0) is 39.5 Å². The summed E-state index contributed by atoms with van der Waals surface area (Å²) in [7, 11) is 0. The molecule has 0 radical (unpaired) electrons. The molecule has 0 bridgehead atoms. The summed E-state index contributed by atoms with van der Waals surface area (Å²) in [6, 6.07) is 0.0739. The number of carbonyl (C=O) groups is 2. The number of piperazine rings is 1. The van der Waals surface area contributed by atoms with Gasteiger partial charge < -0.3 is 20.4 Å². The molecular weight excluding hydrogens is 268 g/mol. The SMILES string of the molecule is CCN(CC)C(=O)N1CCN(C(=O)C(C)(N)C2CC2)CC1. The molecular formula is C15H28N4O2.